The van der Waals surface area contributed by atoms with Crippen molar-refractivity contribution in [1.82, 2.24) is 9.88 Å². The van der Waals surface area contributed by atoms with Crippen LogP contribution >= 0.6 is 11.3 Å². The number of nitrogens with zero attached hydrogens (tertiary/aromatic N) is 3. The summed E-state index contributed by atoms with van der Waals surface area (Å²) in [6.07, 6.45) is 3.27. The summed E-state index contributed by atoms with van der Waals surface area (Å²) in [5.41, 5.74) is 8.07. The number of hydrogen-bond acceptors (Lipinski definition) is 5. The molecule has 1 fully saturated rings. The van der Waals surface area contributed by atoms with E-state index in [4.69, 9.17) is 10.7 Å². The Morgan fingerprint density at radius 3 is 2.77 bits per heavy atom. The molecule has 0 aliphatic carbocycles. The molecule has 2 N–H and O–H groups in total. The van der Waals surface area contributed by atoms with E-state index in [0.29, 0.717) is 0 Å². The quantitative estimate of drug-likeness (QED) is 0.889. The number of nitrogens with two attached hydrogens (primary N) is 1. The lowest BCUT2D eigenvalue weighted by molar-refractivity contribution is 0.258. The topological polar surface area (TPSA) is 45.4 Å². The summed E-state index contributed by atoms with van der Waals surface area (Å²) < 4.78 is 1.31. The fourth-order valence-corrected chi connectivity index (χ4v) is 4.11. The van der Waals surface area contributed by atoms with E-state index in [1.165, 1.54) is 41.5 Å². The summed E-state index contributed by atoms with van der Waals surface area (Å²) in [4.78, 5) is 9.78. The highest BCUT2D eigenvalue weighted by Crippen LogP contribution is 2.28. The zero-order chi connectivity index (χ0) is 15.4. The van der Waals surface area contributed by atoms with Crippen molar-refractivity contribution in [2.45, 2.75) is 26.2 Å². The molecule has 0 unspecified atom stereocenters. The molecule has 1 saturated heterocycles. The molecule has 0 saturated carbocycles. The van der Waals surface area contributed by atoms with Crippen LogP contribution in [0.1, 0.15) is 24.8 Å². The number of aryl methyl sites for hydroxylation is 1. The first kappa shape index (κ1) is 15.7. The number of anilines is 1. The molecule has 2 aromatic rings. The van der Waals surface area contributed by atoms with Crippen LogP contribution in [0.5, 0.6) is 0 Å². The standard InChI is InChI=1S/C17H26N4S/c1-2-8-20-9-11-21(12-10-20)14-5-6-15-16(13-14)22-17(19-15)4-3-7-18/h5-6,13H,2-4,7-12,18H2,1H3. The summed E-state index contributed by atoms with van der Waals surface area (Å²) in [6.45, 7) is 8.84. The van der Waals surface area contributed by atoms with Crippen molar-refractivity contribution in [2.75, 3.05) is 44.2 Å². The smallest absolute Gasteiger partial charge is 0.0939 e. The van der Waals surface area contributed by atoms with Gasteiger partial charge in [-0.05, 0) is 44.1 Å². The molecule has 0 spiro atoms. The molecular weight excluding hydrogens is 292 g/mol. The Morgan fingerprint density at radius 1 is 1.23 bits per heavy atom. The van der Waals surface area contributed by atoms with E-state index in [9.17, 15) is 0 Å². The Hall–Kier alpha value is -1.17. The van der Waals surface area contributed by atoms with Crippen molar-refractivity contribution in [2.24, 2.45) is 5.73 Å². The third-order valence-electron chi connectivity index (χ3n) is 4.29. The average Bonchev–Trinajstić information content (AvgIpc) is 2.96. The minimum absolute atomic E-state index is 0.739. The van der Waals surface area contributed by atoms with Crippen LogP contribution in [-0.4, -0.2) is 49.2 Å². The van der Waals surface area contributed by atoms with Crippen LogP contribution in [0.4, 0.5) is 5.69 Å². The summed E-state index contributed by atoms with van der Waals surface area (Å²) in [6, 6.07) is 6.71. The highest BCUT2D eigenvalue weighted by atomic mass is 32.1. The summed E-state index contributed by atoms with van der Waals surface area (Å²) >= 11 is 1.82. The Labute approximate surface area is 136 Å². The molecule has 22 heavy (non-hydrogen) atoms. The molecule has 120 valence electrons. The first-order valence-electron chi connectivity index (χ1n) is 8.37. The summed E-state index contributed by atoms with van der Waals surface area (Å²) in [5.74, 6) is 0. The molecule has 0 radical (unpaired) electrons. The van der Waals surface area contributed by atoms with Gasteiger partial charge < -0.3 is 10.6 Å². The third-order valence-corrected chi connectivity index (χ3v) is 5.37. The predicted molar refractivity (Wildman–Crippen MR) is 95.9 cm³/mol. The second-order valence-corrected chi connectivity index (χ2v) is 7.10. The number of piperazine rings is 1. The van der Waals surface area contributed by atoms with Gasteiger partial charge in [0.1, 0.15) is 0 Å². The SMILES string of the molecule is CCCN1CCN(c2ccc3nc(CCCN)sc3c2)CC1. The lowest BCUT2D eigenvalue weighted by atomic mass is 10.2. The van der Waals surface area contributed by atoms with E-state index in [1.807, 2.05) is 11.3 Å². The van der Waals surface area contributed by atoms with Gasteiger partial charge in [0.25, 0.3) is 0 Å². The second-order valence-electron chi connectivity index (χ2n) is 5.98. The molecule has 2 heterocycles. The maximum Gasteiger partial charge on any atom is 0.0939 e. The van der Waals surface area contributed by atoms with E-state index < -0.39 is 0 Å². The van der Waals surface area contributed by atoms with Crippen molar-refractivity contribution in [1.29, 1.82) is 0 Å². The zero-order valence-electron chi connectivity index (χ0n) is 13.4. The van der Waals surface area contributed by atoms with Crippen LogP contribution in [0.3, 0.4) is 0 Å². The number of aromatic nitrogens is 1. The molecule has 1 aromatic carbocycles. The first-order valence-corrected chi connectivity index (χ1v) is 9.18. The van der Waals surface area contributed by atoms with Gasteiger partial charge in [-0.2, -0.15) is 0 Å². The van der Waals surface area contributed by atoms with Gasteiger partial charge in [0.2, 0.25) is 0 Å². The Kier molecular flexibility index (Phi) is 5.28. The van der Waals surface area contributed by atoms with Gasteiger partial charge in [-0.3, -0.25) is 4.90 Å². The van der Waals surface area contributed by atoms with Gasteiger partial charge >= 0.3 is 0 Å². The van der Waals surface area contributed by atoms with Crippen molar-refractivity contribution in [3.63, 3.8) is 0 Å². The van der Waals surface area contributed by atoms with E-state index in [-0.39, 0.29) is 0 Å². The van der Waals surface area contributed by atoms with Gasteiger partial charge in [0, 0.05) is 38.3 Å². The Morgan fingerprint density at radius 2 is 2.05 bits per heavy atom. The third kappa shape index (κ3) is 3.59. The highest BCUT2D eigenvalue weighted by molar-refractivity contribution is 7.18. The van der Waals surface area contributed by atoms with Crippen LogP contribution in [-0.2, 0) is 6.42 Å². The number of fused-ring (bicyclic) bond motifs is 1. The lowest BCUT2D eigenvalue weighted by Crippen LogP contribution is -2.46. The molecule has 0 amide bonds. The average molecular weight is 318 g/mol. The van der Waals surface area contributed by atoms with Crippen molar-refractivity contribution in [3.05, 3.63) is 23.2 Å². The normalized spacial score (nSPS) is 16.5. The molecule has 1 aliphatic heterocycles. The minimum atomic E-state index is 0.739. The molecule has 5 heteroatoms. The lowest BCUT2D eigenvalue weighted by Gasteiger charge is -2.36. The van der Waals surface area contributed by atoms with Crippen molar-refractivity contribution in [3.8, 4) is 0 Å². The monoisotopic (exact) mass is 318 g/mol. The Balaban J connectivity index is 1.69. The van der Waals surface area contributed by atoms with Crippen LogP contribution in [0.25, 0.3) is 10.2 Å². The van der Waals surface area contributed by atoms with Gasteiger partial charge in [-0.1, -0.05) is 6.92 Å². The van der Waals surface area contributed by atoms with Crippen molar-refractivity contribution >= 4 is 27.2 Å². The molecule has 0 bridgehead atoms. The van der Waals surface area contributed by atoms with Crippen LogP contribution < -0.4 is 10.6 Å². The van der Waals surface area contributed by atoms with E-state index >= 15 is 0 Å². The largest absolute Gasteiger partial charge is 0.369 e. The maximum absolute atomic E-state index is 5.59. The number of hydrogen-bond donors (Lipinski definition) is 1. The van der Waals surface area contributed by atoms with E-state index in [1.54, 1.807) is 0 Å². The second kappa shape index (κ2) is 7.40. The van der Waals surface area contributed by atoms with Gasteiger partial charge in [-0.25, -0.2) is 4.98 Å². The minimum Gasteiger partial charge on any atom is -0.369 e. The fourth-order valence-electron chi connectivity index (χ4n) is 3.06. The number of benzene rings is 1. The molecule has 3 rings (SSSR count). The fraction of sp³-hybridized carbons (Fsp3) is 0.588. The van der Waals surface area contributed by atoms with E-state index in [0.717, 1.165) is 38.0 Å². The van der Waals surface area contributed by atoms with Crippen LogP contribution in [0.2, 0.25) is 0 Å². The predicted octanol–water partition coefficient (Wildman–Crippen LogP) is 2.72. The zero-order valence-corrected chi connectivity index (χ0v) is 14.2. The molecule has 1 aliphatic rings. The number of rotatable bonds is 6. The summed E-state index contributed by atoms with van der Waals surface area (Å²) in [5, 5.41) is 1.21. The van der Waals surface area contributed by atoms with Crippen molar-refractivity contribution < 1.29 is 0 Å². The van der Waals surface area contributed by atoms with Crippen LogP contribution in [0, 0.1) is 0 Å². The first-order chi connectivity index (χ1) is 10.8. The van der Waals surface area contributed by atoms with Gasteiger partial charge in [0.05, 0.1) is 15.2 Å². The maximum atomic E-state index is 5.59. The Bertz CT molecular complexity index is 602. The highest BCUT2D eigenvalue weighted by Gasteiger charge is 2.17. The van der Waals surface area contributed by atoms with E-state index in [2.05, 4.69) is 34.9 Å². The van der Waals surface area contributed by atoms with Gasteiger partial charge in [-0.15, -0.1) is 11.3 Å². The molecule has 0 atom stereocenters. The molecule has 1 aromatic heterocycles. The molecular formula is C17H26N4S. The van der Waals surface area contributed by atoms with Crippen LogP contribution in [0.15, 0.2) is 18.2 Å². The van der Waals surface area contributed by atoms with Gasteiger partial charge in [0.15, 0.2) is 0 Å². The summed E-state index contributed by atoms with van der Waals surface area (Å²) in [7, 11) is 0. The number of thiazole rings is 1. The molecule has 4 nitrogen and oxygen atoms in total.